The maximum Gasteiger partial charge on any atom is 0.420 e. The fourth-order valence-electron chi connectivity index (χ4n) is 5.80. The van der Waals surface area contributed by atoms with Crippen molar-refractivity contribution in [3.8, 4) is 11.3 Å². The van der Waals surface area contributed by atoms with Crippen LogP contribution in [0.2, 0.25) is 0 Å². The van der Waals surface area contributed by atoms with E-state index in [2.05, 4.69) is 10.2 Å². The van der Waals surface area contributed by atoms with Gasteiger partial charge in [-0.2, -0.15) is 13.2 Å². The van der Waals surface area contributed by atoms with E-state index in [1.165, 1.54) is 18.2 Å². The van der Waals surface area contributed by atoms with Crippen LogP contribution in [0.4, 0.5) is 23.4 Å². The van der Waals surface area contributed by atoms with Gasteiger partial charge in [0.05, 0.1) is 31.6 Å². The second kappa shape index (κ2) is 9.05. The molecule has 0 unspecified atom stereocenters. The van der Waals surface area contributed by atoms with Crippen LogP contribution in [-0.2, 0) is 15.7 Å². The molecule has 5 atom stereocenters. The van der Waals surface area contributed by atoms with Crippen molar-refractivity contribution in [3.63, 3.8) is 0 Å². The van der Waals surface area contributed by atoms with Gasteiger partial charge in [-0.15, -0.1) is 10.2 Å². The monoisotopic (exact) mass is 480 g/mol. The largest absolute Gasteiger partial charge is 0.420 e. The quantitative estimate of drug-likeness (QED) is 0.668. The minimum atomic E-state index is -4.65. The van der Waals surface area contributed by atoms with Gasteiger partial charge < -0.3 is 20.1 Å². The number of benzene rings is 1. The molecule has 0 bridgehead atoms. The molecule has 5 rings (SSSR count). The fraction of sp³-hybridized carbons (Fsp3) is 0.583. The third kappa shape index (κ3) is 4.50. The molecule has 1 aromatic heterocycles. The van der Waals surface area contributed by atoms with Crippen molar-refractivity contribution < 1.29 is 27.0 Å². The number of nitrogens with zero attached hydrogens (tertiary/aromatic N) is 3. The lowest BCUT2D eigenvalue weighted by molar-refractivity contribution is -0.137. The first kappa shape index (κ1) is 23.4. The molecule has 2 saturated heterocycles. The summed E-state index contributed by atoms with van der Waals surface area (Å²) in [7, 11) is 0. The van der Waals surface area contributed by atoms with Crippen LogP contribution in [0.5, 0.6) is 0 Å². The number of ether oxygens (including phenoxy) is 2. The molecule has 2 aromatic rings. The van der Waals surface area contributed by atoms with Crippen LogP contribution in [0.25, 0.3) is 11.3 Å². The van der Waals surface area contributed by atoms with Gasteiger partial charge in [0.2, 0.25) is 0 Å². The molecular formula is C24H28F4N4O2. The molecule has 184 valence electrons. The van der Waals surface area contributed by atoms with E-state index in [1.54, 1.807) is 11.8 Å². The summed E-state index contributed by atoms with van der Waals surface area (Å²) in [6.07, 6.45) is -2.76. The summed E-state index contributed by atoms with van der Waals surface area (Å²) >= 11 is 0. The van der Waals surface area contributed by atoms with E-state index < -0.39 is 17.6 Å². The molecule has 34 heavy (non-hydrogen) atoms. The van der Waals surface area contributed by atoms with E-state index in [-0.39, 0.29) is 47.1 Å². The number of anilines is 1. The summed E-state index contributed by atoms with van der Waals surface area (Å²) in [6.45, 7) is 3.55. The van der Waals surface area contributed by atoms with Crippen LogP contribution in [0.3, 0.4) is 0 Å². The molecule has 3 fully saturated rings. The Bertz CT molecular complexity index is 1040. The molecule has 0 amide bonds. The van der Waals surface area contributed by atoms with Gasteiger partial charge in [0.15, 0.2) is 5.82 Å². The molecule has 3 heterocycles. The number of fused-ring (bicyclic) bond motifs is 1. The topological polar surface area (TPSA) is 73.5 Å². The van der Waals surface area contributed by atoms with E-state index >= 15 is 0 Å². The lowest BCUT2D eigenvalue weighted by atomic mass is 9.90. The molecular weight excluding hydrogens is 452 g/mol. The second-order valence-corrected chi connectivity index (χ2v) is 9.60. The van der Waals surface area contributed by atoms with Gasteiger partial charge in [0.1, 0.15) is 11.4 Å². The van der Waals surface area contributed by atoms with Gasteiger partial charge in [-0.05, 0) is 61.8 Å². The lowest BCUT2D eigenvalue weighted by Gasteiger charge is -2.34. The van der Waals surface area contributed by atoms with Gasteiger partial charge >= 0.3 is 6.18 Å². The zero-order valence-electron chi connectivity index (χ0n) is 18.9. The normalized spacial score (nSPS) is 29.5. The first-order valence-corrected chi connectivity index (χ1v) is 11.6. The Morgan fingerprint density at radius 1 is 1.15 bits per heavy atom. The highest BCUT2D eigenvalue weighted by Gasteiger charge is 2.50. The van der Waals surface area contributed by atoms with Crippen molar-refractivity contribution in [1.29, 1.82) is 0 Å². The highest BCUT2D eigenvalue weighted by Crippen LogP contribution is 2.47. The smallest absolute Gasteiger partial charge is 0.376 e. The van der Waals surface area contributed by atoms with Gasteiger partial charge in [-0.1, -0.05) is 6.07 Å². The number of hydrogen-bond acceptors (Lipinski definition) is 6. The van der Waals surface area contributed by atoms with Crippen molar-refractivity contribution in [1.82, 2.24) is 10.2 Å². The highest BCUT2D eigenvalue weighted by molar-refractivity contribution is 5.66. The second-order valence-electron chi connectivity index (χ2n) is 9.60. The van der Waals surface area contributed by atoms with E-state index in [0.29, 0.717) is 38.3 Å². The summed E-state index contributed by atoms with van der Waals surface area (Å²) in [5.74, 6) is -0.375. The number of nitrogens with two attached hydrogens (primary N) is 1. The van der Waals surface area contributed by atoms with E-state index in [0.717, 1.165) is 18.9 Å². The van der Waals surface area contributed by atoms with Crippen molar-refractivity contribution >= 4 is 5.82 Å². The number of aryl methyl sites for hydroxylation is 1. The molecule has 3 aliphatic rings. The van der Waals surface area contributed by atoms with Crippen LogP contribution in [-0.4, -0.2) is 54.8 Å². The van der Waals surface area contributed by atoms with Crippen LogP contribution >= 0.6 is 0 Å². The number of rotatable bonds is 4. The standard InChI is InChI=1S/C24H28F4N4O2/c1-13-2-3-15(25)7-18(13)21-10-20(24(26,27)28)23(31-30-21)32-11-14-6-16(29)8-19(14)22(32)9-17-12-33-4-5-34-17/h2-3,7,10,14,16-17,19,22H,4-6,8-9,11-12,29H2,1H3/t14-,16+,17+,19+,22+/m1/s1. The average molecular weight is 481 g/mol. The minimum Gasteiger partial charge on any atom is -0.376 e. The summed E-state index contributed by atoms with van der Waals surface area (Å²) in [6, 6.07) is 4.80. The zero-order chi connectivity index (χ0) is 24.0. The molecule has 2 aliphatic heterocycles. The molecule has 1 aromatic carbocycles. The van der Waals surface area contributed by atoms with Gasteiger partial charge in [-0.25, -0.2) is 4.39 Å². The molecule has 0 radical (unpaired) electrons. The third-order valence-electron chi connectivity index (χ3n) is 7.33. The van der Waals surface area contributed by atoms with Crippen LogP contribution in [0, 0.1) is 24.6 Å². The molecule has 0 spiro atoms. The Labute approximate surface area is 195 Å². The van der Waals surface area contributed by atoms with Crippen molar-refractivity contribution in [2.24, 2.45) is 17.6 Å². The zero-order valence-corrected chi connectivity index (χ0v) is 18.9. The average Bonchev–Trinajstić information content (AvgIpc) is 3.32. The Hall–Kier alpha value is -2.30. The van der Waals surface area contributed by atoms with Crippen LogP contribution in [0.15, 0.2) is 24.3 Å². The Morgan fingerprint density at radius 2 is 1.97 bits per heavy atom. The molecule has 6 nitrogen and oxygen atoms in total. The summed E-state index contributed by atoms with van der Waals surface area (Å²) in [5.41, 5.74) is 6.24. The number of alkyl halides is 3. The maximum absolute atomic E-state index is 14.3. The van der Waals surface area contributed by atoms with Crippen molar-refractivity contribution in [3.05, 3.63) is 41.2 Å². The Morgan fingerprint density at radius 3 is 2.71 bits per heavy atom. The van der Waals surface area contributed by atoms with Crippen molar-refractivity contribution in [2.45, 2.75) is 50.6 Å². The molecule has 2 N–H and O–H groups in total. The molecule has 1 aliphatic carbocycles. The number of aromatic nitrogens is 2. The predicted octanol–water partition coefficient (Wildman–Crippen LogP) is 3.96. The highest BCUT2D eigenvalue weighted by atomic mass is 19.4. The van der Waals surface area contributed by atoms with Crippen molar-refractivity contribution in [2.75, 3.05) is 31.3 Å². The Kier molecular flexibility index (Phi) is 6.24. The summed E-state index contributed by atoms with van der Waals surface area (Å²) in [4.78, 5) is 1.75. The minimum absolute atomic E-state index is 0.00458. The fourth-order valence-corrected chi connectivity index (χ4v) is 5.80. The SMILES string of the molecule is Cc1ccc(F)cc1-c1cc(C(F)(F)F)c(N2C[C@H]3C[C@H](N)C[C@@H]3[C@@H]2C[C@H]2COCCO2)nn1. The predicted molar refractivity (Wildman–Crippen MR) is 118 cm³/mol. The van der Waals surface area contributed by atoms with Gasteiger partial charge in [-0.3, -0.25) is 0 Å². The number of halogens is 4. The van der Waals surface area contributed by atoms with E-state index in [4.69, 9.17) is 15.2 Å². The molecule has 10 heteroatoms. The molecule has 1 saturated carbocycles. The van der Waals surface area contributed by atoms with Gasteiger partial charge in [0, 0.05) is 24.2 Å². The number of hydrogen-bond donors (Lipinski definition) is 1. The van der Waals surface area contributed by atoms with E-state index in [9.17, 15) is 17.6 Å². The first-order chi connectivity index (χ1) is 16.2. The third-order valence-corrected chi connectivity index (χ3v) is 7.33. The van der Waals surface area contributed by atoms with Crippen LogP contribution < -0.4 is 10.6 Å². The van der Waals surface area contributed by atoms with Gasteiger partial charge in [0.25, 0.3) is 0 Å². The van der Waals surface area contributed by atoms with Crippen LogP contribution in [0.1, 0.15) is 30.4 Å². The maximum atomic E-state index is 14.3. The van der Waals surface area contributed by atoms with E-state index in [1.807, 2.05) is 0 Å². The summed E-state index contributed by atoms with van der Waals surface area (Å²) < 4.78 is 68.0. The first-order valence-electron chi connectivity index (χ1n) is 11.6. The Balaban J connectivity index is 1.53. The summed E-state index contributed by atoms with van der Waals surface area (Å²) in [5, 5.41) is 8.21. The lowest BCUT2D eigenvalue weighted by Crippen LogP contribution is -2.41.